The van der Waals surface area contributed by atoms with Crippen LogP contribution < -0.4 is 0 Å². The highest BCUT2D eigenvalue weighted by molar-refractivity contribution is 4.84. The number of hydrogen-bond donors (Lipinski definition) is 1. The van der Waals surface area contributed by atoms with Crippen LogP contribution in [0.3, 0.4) is 0 Å². The molecule has 1 atom stereocenters. The van der Waals surface area contributed by atoms with Crippen molar-refractivity contribution in [1.29, 1.82) is 0 Å². The standard InChI is InChI=1S/C13H27NO/c1-11(15)13(4,5)10-14-8-6-12(2,3)7-9-14/h11,15H,6-10H2,1-5H3. The summed E-state index contributed by atoms with van der Waals surface area (Å²) in [5.74, 6) is 0. The van der Waals surface area contributed by atoms with Crippen molar-refractivity contribution in [2.45, 2.75) is 53.6 Å². The lowest BCUT2D eigenvalue weighted by Crippen LogP contribution is -2.45. The van der Waals surface area contributed by atoms with Gasteiger partial charge in [-0.15, -0.1) is 0 Å². The summed E-state index contributed by atoms with van der Waals surface area (Å²) in [4.78, 5) is 2.50. The third-order valence-corrected chi connectivity index (χ3v) is 3.97. The molecule has 0 radical (unpaired) electrons. The molecule has 2 heteroatoms. The predicted molar refractivity (Wildman–Crippen MR) is 64.9 cm³/mol. The minimum Gasteiger partial charge on any atom is -0.393 e. The van der Waals surface area contributed by atoms with E-state index in [9.17, 15) is 5.11 Å². The molecule has 0 aliphatic carbocycles. The van der Waals surface area contributed by atoms with Gasteiger partial charge < -0.3 is 10.0 Å². The van der Waals surface area contributed by atoms with E-state index in [0.29, 0.717) is 5.41 Å². The number of hydrogen-bond acceptors (Lipinski definition) is 2. The van der Waals surface area contributed by atoms with Gasteiger partial charge >= 0.3 is 0 Å². The molecule has 1 rings (SSSR count). The molecule has 1 aliphatic heterocycles. The Kier molecular flexibility index (Phi) is 3.83. The van der Waals surface area contributed by atoms with Gasteiger partial charge in [0.1, 0.15) is 0 Å². The number of aliphatic hydroxyl groups is 1. The number of likely N-dealkylation sites (tertiary alicyclic amines) is 1. The Hall–Kier alpha value is -0.0800. The Morgan fingerprint density at radius 2 is 1.73 bits per heavy atom. The van der Waals surface area contributed by atoms with Gasteiger partial charge in [-0.3, -0.25) is 0 Å². The maximum absolute atomic E-state index is 9.69. The number of rotatable bonds is 3. The minimum absolute atomic E-state index is 0.0154. The molecule has 15 heavy (non-hydrogen) atoms. The fourth-order valence-corrected chi connectivity index (χ4v) is 2.02. The Bertz CT molecular complexity index is 199. The van der Waals surface area contributed by atoms with Crippen LogP contribution in [0.25, 0.3) is 0 Å². The molecule has 0 aromatic rings. The molecule has 1 unspecified atom stereocenters. The Morgan fingerprint density at radius 1 is 1.27 bits per heavy atom. The number of nitrogens with zero attached hydrogens (tertiary/aromatic N) is 1. The molecule has 0 aromatic carbocycles. The van der Waals surface area contributed by atoms with Crippen molar-refractivity contribution in [3.8, 4) is 0 Å². The fourth-order valence-electron chi connectivity index (χ4n) is 2.02. The van der Waals surface area contributed by atoms with Crippen molar-refractivity contribution in [2.24, 2.45) is 10.8 Å². The number of aliphatic hydroxyl groups excluding tert-OH is 1. The van der Waals surface area contributed by atoms with Gasteiger partial charge in [-0.25, -0.2) is 0 Å². The van der Waals surface area contributed by atoms with E-state index in [2.05, 4.69) is 32.6 Å². The zero-order chi connectivity index (χ0) is 11.7. The van der Waals surface area contributed by atoms with Gasteiger partial charge in [-0.1, -0.05) is 27.7 Å². The van der Waals surface area contributed by atoms with Gasteiger partial charge in [0.05, 0.1) is 6.10 Å². The average molecular weight is 213 g/mol. The first-order chi connectivity index (χ1) is 6.73. The third kappa shape index (κ3) is 3.76. The first-order valence-corrected chi connectivity index (χ1v) is 6.13. The van der Waals surface area contributed by atoms with Gasteiger partial charge in [0.25, 0.3) is 0 Å². The molecule has 1 saturated heterocycles. The van der Waals surface area contributed by atoms with Gasteiger partial charge in [0.15, 0.2) is 0 Å². The van der Waals surface area contributed by atoms with Crippen LogP contribution in [0.5, 0.6) is 0 Å². The zero-order valence-corrected chi connectivity index (χ0v) is 11.0. The normalized spacial score (nSPS) is 25.2. The summed E-state index contributed by atoms with van der Waals surface area (Å²) in [5.41, 5.74) is 0.535. The predicted octanol–water partition coefficient (Wildman–Crippen LogP) is 2.52. The Labute approximate surface area is 94.7 Å². The van der Waals surface area contributed by atoms with Gasteiger partial charge in [-0.05, 0) is 38.3 Å². The second-order valence-corrected chi connectivity index (χ2v) is 6.60. The molecule has 0 saturated carbocycles. The van der Waals surface area contributed by atoms with E-state index in [1.807, 2.05) is 6.92 Å². The topological polar surface area (TPSA) is 23.5 Å². The lowest BCUT2D eigenvalue weighted by molar-refractivity contribution is 0.0176. The number of piperidine rings is 1. The molecule has 90 valence electrons. The first kappa shape index (κ1) is 13.0. The highest BCUT2D eigenvalue weighted by Gasteiger charge is 2.31. The van der Waals surface area contributed by atoms with Gasteiger partial charge in [-0.2, -0.15) is 0 Å². The van der Waals surface area contributed by atoms with E-state index in [-0.39, 0.29) is 11.5 Å². The largest absolute Gasteiger partial charge is 0.393 e. The summed E-state index contributed by atoms with van der Waals surface area (Å²) in [6.45, 7) is 14.3. The molecule has 1 fully saturated rings. The first-order valence-electron chi connectivity index (χ1n) is 6.13. The van der Waals surface area contributed by atoms with Gasteiger partial charge in [0.2, 0.25) is 0 Å². The summed E-state index contributed by atoms with van der Waals surface area (Å²) < 4.78 is 0. The van der Waals surface area contributed by atoms with Crippen LogP contribution in [0, 0.1) is 10.8 Å². The zero-order valence-electron chi connectivity index (χ0n) is 11.0. The van der Waals surface area contributed by atoms with Crippen molar-refractivity contribution < 1.29 is 5.11 Å². The van der Waals surface area contributed by atoms with Crippen molar-refractivity contribution >= 4 is 0 Å². The van der Waals surface area contributed by atoms with Crippen molar-refractivity contribution in [3.63, 3.8) is 0 Å². The van der Waals surface area contributed by atoms with Crippen LogP contribution in [-0.2, 0) is 0 Å². The average Bonchev–Trinajstić information content (AvgIpc) is 2.08. The smallest absolute Gasteiger partial charge is 0.0575 e. The van der Waals surface area contributed by atoms with Crippen LogP contribution in [-0.4, -0.2) is 35.7 Å². The van der Waals surface area contributed by atoms with E-state index in [4.69, 9.17) is 0 Å². The van der Waals surface area contributed by atoms with Crippen LogP contribution in [0.2, 0.25) is 0 Å². The minimum atomic E-state index is -0.229. The Balaban J connectivity index is 2.42. The maximum Gasteiger partial charge on any atom is 0.0575 e. The lowest BCUT2D eigenvalue weighted by atomic mass is 9.81. The van der Waals surface area contributed by atoms with Crippen molar-refractivity contribution in [2.75, 3.05) is 19.6 Å². The highest BCUT2D eigenvalue weighted by atomic mass is 16.3. The monoisotopic (exact) mass is 213 g/mol. The second kappa shape index (κ2) is 4.42. The third-order valence-electron chi connectivity index (χ3n) is 3.97. The lowest BCUT2D eigenvalue weighted by Gasteiger charge is -2.41. The second-order valence-electron chi connectivity index (χ2n) is 6.60. The van der Waals surface area contributed by atoms with E-state index >= 15 is 0 Å². The fraction of sp³-hybridized carbons (Fsp3) is 1.00. The molecule has 1 aliphatic rings. The highest BCUT2D eigenvalue weighted by Crippen LogP contribution is 2.31. The summed E-state index contributed by atoms with van der Waals surface area (Å²) in [6, 6.07) is 0. The van der Waals surface area contributed by atoms with Crippen LogP contribution in [0.1, 0.15) is 47.5 Å². The molecule has 0 aromatic heterocycles. The van der Waals surface area contributed by atoms with E-state index < -0.39 is 0 Å². The molecule has 0 amide bonds. The maximum atomic E-state index is 9.69. The SMILES string of the molecule is CC(O)C(C)(C)CN1CCC(C)(C)CC1. The van der Waals surface area contributed by atoms with E-state index in [0.717, 1.165) is 6.54 Å². The summed E-state index contributed by atoms with van der Waals surface area (Å²) in [5, 5.41) is 9.69. The summed E-state index contributed by atoms with van der Waals surface area (Å²) >= 11 is 0. The Morgan fingerprint density at radius 3 is 2.13 bits per heavy atom. The molecule has 1 N–H and O–H groups in total. The molecular formula is C13H27NO. The van der Waals surface area contributed by atoms with E-state index in [1.54, 1.807) is 0 Å². The molecule has 0 spiro atoms. The van der Waals surface area contributed by atoms with Gasteiger partial charge in [0, 0.05) is 12.0 Å². The van der Waals surface area contributed by atoms with Crippen LogP contribution in [0.15, 0.2) is 0 Å². The van der Waals surface area contributed by atoms with E-state index in [1.165, 1.54) is 25.9 Å². The van der Waals surface area contributed by atoms with Crippen LogP contribution >= 0.6 is 0 Å². The summed E-state index contributed by atoms with van der Waals surface area (Å²) in [6.07, 6.45) is 2.33. The van der Waals surface area contributed by atoms with Crippen LogP contribution in [0.4, 0.5) is 0 Å². The molecule has 0 bridgehead atoms. The van der Waals surface area contributed by atoms with Crippen molar-refractivity contribution in [1.82, 2.24) is 4.90 Å². The summed E-state index contributed by atoms with van der Waals surface area (Å²) in [7, 11) is 0. The molecule has 2 nitrogen and oxygen atoms in total. The molecule has 1 heterocycles. The molecular weight excluding hydrogens is 186 g/mol. The quantitative estimate of drug-likeness (QED) is 0.778. The van der Waals surface area contributed by atoms with Crippen molar-refractivity contribution in [3.05, 3.63) is 0 Å².